The predicted molar refractivity (Wildman–Crippen MR) is 140 cm³/mol. The highest BCUT2D eigenvalue weighted by Crippen LogP contribution is 2.40. The molecule has 0 radical (unpaired) electrons. The van der Waals surface area contributed by atoms with Gasteiger partial charge in [-0.2, -0.15) is 11.8 Å². The standard InChI is InChI=1S/C24H54O2SSi2/c1-9-15-19-28(25-13-5,20-16-10-2)23(7)27-24(8)29(26-14-6,21-17-11-3)22-18-12-4/h23-24H,9-22H2,1-8H3. The van der Waals surface area contributed by atoms with Crippen LogP contribution in [0.2, 0.25) is 24.2 Å². The van der Waals surface area contributed by atoms with Crippen LogP contribution in [-0.2, 0) is 8.85 Å². The van der Waals surface area contributed by atoms with Gasteiger partial charge in [0.15, 0.2) is 0 Å². The second-order valence-corrected chi connectivity index (χ2v) is 19.9. The molecule has 0 aliphatic rings. The molecule has 0 aliphatic heterocycles. The van der Waals surface area contributed by atoms with E-state index in [2.05, 4.69) is 67.2 Å². The summed E-state index contributed by atoms with van der Waals surface area (Å²) in [4.78, 5) is 1.32. The van der Waals surface area contributed by atoms with Crippen LogP contribution >= 0.6 is 11.8 Å². The van der Waals surface area contributed by atoms with E-state index in [0.29, 0.717) is 9.75 Å². The van der Waals surface area contributed by atoms with Gasteiger partial charge in [0, 0.05) is 23.0 Å². The van der Waals surface area contributed by atoms with E-state index >= 15 is 0 Å². The zero-order chi connectivity index (χ0) is 22.2. The molecule has 0 aromatic heterocycles. The Labute approximate surface area is 190 Å². The van der Waals surface area contributed by atoms with Gasteiger partial charge in [0.2, 0.25) is 16.6 Å². The third-order valence-electron chi connectivity index (χ3n) is 6.57. The molecule has 2 nitrogen and oxygen atoms in total. The molecule has 2 atom stereocenters. The van der Waals surface area contributed by atoms with Crippen LogP contribution in [0.3, 0.4) is 0 Å². The summed E-state index contributed by atoms with van der Waals surface area (Å²) in [7, 11) is -3.48. The van der Waals surface area contributed by atoms with Crippen molar-refractivity contribution in [1.82, 2.24) is 0 Å². The zero-order valence-electron chi connectivity index (χ0n) is 21.3. The van der Waals surface area contributed by atoms with Crippen molar-refractivity contribution in [2.45, 2.75) is 141 Å². The third-order valence-corrected chi connectivity index (χ3v) is 20.3. The summed E-state index contributed by atoms with van der Waals surface area (Å²) in [5.41, 5.74) is 0. The minimum atomic E-state index is -1.74. The van der Waals surface area contributed by atoms with Crippen molar-refractivity contribution in [2.24, 2.45) is 0 Å². The van der Waals surface area contributed by atoms with Gasteiger partial charge in [0.25, 0.3) is 0 Å². The lowest BCUT2D eigenvalue weighted by Gasteiger charge is -2.42. The maximum atomic E-state index is 6.72. The summed E-state index contributed by atoms with van der Waals surface area (Å²) in [6, 6.07) is 5.35. The second-order valence-electron chi connectivity index (χ2n) is 8.83. The van der Waals surface area contributed by atoms with Crippen molar-refractivity contribution >= 4 is 28.4 Å². The second kappa shape index (κ2) is 17.3. The van der Waals surface area contributed by atoms with E-state index in [1.165, 1.54) is 75.5 Å². The van der Waals surface area contributed by atoms with Gasteiger partial charge in [0.1, 0.15) is 0 Å². The molecule has 0 saturated carbocycles. The number of thioether (sulfide) groups is 1. The van der Waals surface area contributed by atoms with Crippen LogP contribution in [0.5, 0.6) is 0 Å². The number of hydrogen-bond acceptors (Lipinski definition) is 3. The molecule has 0 aromatic rings. The Morgan fingerprint density at radius 1 is 0.552 bits per heavy atom. The minimum absolute atomic E-state index is 0.658. The smallest absolute Gasteiger partial charge is 0.205 e. The summed E-state index contributed by atoms with van der Waals surface area (Å²) in [6.45, 7) is 20.5. The molecule has 2 unspecified atom stereocenters. The summed E-state index contributed by atoms with van der Waals surface area (Å²) in [6.07, 6.45) is 10.4. The summed E-state index contributed by atoms with van der Waals surface area (Å²) < 4.78 is 13.4. The Morgan fingerprint density at radius 2 is 0.828 bits per heavy atom. The van der Waals surface area contributed by atoms with E-state index in [4.69, 9.17) is 8.85 Å². The van der Waals surface area contributed by atoms with Crippen LogP contribution in [0.1, 0.15) is 107 Å². The predicted octanol–water partition coefficient (Wildman–Crippen LogP) is 8.74. The first-order valence-corrected chi connectivity index (χ1v) is 18.6. The molecule has 0 aliphatic carbocycles. The highest BCUT2D eigenvalue weighted by Gasteiger charge is 2.46. The molecule has 29 heavy (non-hydrogen) atoms. The van der Waals surface area contributed by atoms with Gasteiger partial charge in [-0.15, -0.1) is 0 Å². The van der Waals surface area contributed by atoms with Crippen molar-refractivity contribution in [2.75, 3.05) is 13.2 Å². The zero-order valence-corrected chi connectivity index (χ0v) is 24.1. The lowest BCUT2D eigenvalue weighted by Crippen LogP contribution is -2.52. The first-order chi connectivity index (χ1) is 13.9. The highest BCUT2D eigenvalue weighted by atomic mass is 32.2. The molecule has 0 amide bonds. The SMILES string of the molecule is CCCC[Si](CCCC)(OCC)C(C)SC(C)[Si](CCCC)(CCCC)OCC. The number of rotatable bonds is 20. The van der Waals surface area contributed by atoms with E-state index in [1.807, 2.05) is 0 Å². The van der Waals surface area contributed by atoms with Crippen molar-refractivity contribution in [3.8, 4) is 0 Å². The van der Waals surface area contributed by atoms with Gasteiger partial charge in [0.05, 0.1) is 0 Å². The molecule has 0 aromatic carbocycles. The van der Waals surface area contributed by atoms with Gasteiger partial charge in [-0.3, -0.25) is 0 Å². The summed E-state index contributed by atoms with van der Waals surface area (Å²) in [5, 5.41) is 0. The Kier molecular flexibility index (Phi) is 17.7. The van der Waals surface area contributed by atoms with Crippen LogP contribution in [-0.4, -0.2) is 39.6 Å². The van der Waals surface area contributed by atoms with Gasteiger partial charge in [-0.05, 0) is 38.0 Å². The molecule has 0 saturated heterocycles. The average molecular weight is 463 g/mol. The van der Waals surface area contributed by atoms with E-state index in [0.717, 1.165) is 13.2 Å². The van der Waals surface area contributed by atoms with Crippen molar-refractivity contribution in [1.29, 1.82) is 0 Å². The maximum Gasteiger partial charge on any atom is 0.205 e. The highest BCUT2D eigenvalue weighted by molar-refractivity contribution is 8.03. The van der Waals surface area contributed by atoms with Crippen molar-refractivity contribution in [3.63, 3.8) is 0 Å². The molecule has 0 fully saturated rings. The number of unbranched alkanes of at least 4 members (excludes halogenated alkanes) is 4. The van der Waals surface area contributed by atoms with E-state index in [9.17, 15) is 0 Å². The Morgan fingerprint density at radius 3 is 1.03 bits per heavy atom. The lowest BCUT2D eigenvalue weighted by atomic mass is 10.4. The Balaban J connectivity index is 5.60. The van der Waals surface area contributed by atoms with Crippen LogP contribution in [0.25, 0.3) is 0 Å². The normalized spacial score (nSPS) is 14.9. The van der Waals surface area contributed by atoms with Gasteiger partial charge in [-0.25, -0.2) is 0 Å². The molecule has 0 bridgehead atoms. The quantitative estimate of drug-likeness (QED) is 0.168. The topological polar surface area (TPSA) is 18.5 Å². The largest absolute Gasteiger partial charge is 0.416 e. The van der Waals surface area contributed by atoms with E-state index in [1.54, 1.807) is 0 Å². The molecular weight excluding hydrogens is 409 g/mol. The Hall–Kier alpha value is 0.704. The maximum absolute atomic E-state index is 6.72. The average Bonchev–Trinajstić information content (AvgIpc) is 2.72. The van der Waals surface area contributed by atoms with E-state index < -0.39 is 16.6 Å². The van der Waals surface area contributed by atoms with Crippen molar-refractivity contribution in [3.05, 3.63) is 0 Å². The van der Waals surface area contributed by atoms with Crippen LogP contribution in [0, 0.1) is 0 Å². The first kappa shape index (κ1) is 29.7. The first-order valence-electron chi connectivity index (χ1n) is 12.8. The molecule has 0 spiro atoms. The third kappa shape index (κ3) is 10.2. The fourth-order valence-corrected chi connectivity index (χ4v) is 18.8. The molecule has 0 N–H and O–H groups in total. The fourth-order valence-electron chi connectivity index (χ4n) is 4.62. The molecule has 0 rings (SSSR count). The van der Waals surface area contributed by atoms with Gasteiger partial charge >= 0.3 is 0 Å². The number of hydrogen-bond donors (Lipinski definition) is 0. The van der Waals surface area contributed by atoms with Crippen LogP contribution in [0.4, 0.5) is 0 Å². The van der Waals surface area contributed by atoms with E-state index in [-0.39, 0.29) is 0 Å². The molecule has 5 heteroatoms. The van der Waals surface area contributed by atoms with Crippen molar-refractivity contribution < 1.29 is 8.85 Å². The molecule has 0 heterocycles. The minimum Gasteiger partial charge on any atom is -0.416 e. The lowest BCUT2D eigenvalue weighted by molar-refractivity contribution is 0.313. The van der Waals surface area contributed by atoms with Crippen LogP contribution < -0.4 is 0 Å². The Bertz CT molecular complexity index is 332. The summed E-state index contributed by atoms with van der Waals surface area (Å²) in [5.74, 6) is 0. The molecule has 176 valence electrons. The van der Waals surface area contributed by atoms with Gasteiger partial charge < -0.3 is 8.85 Å². The van der Waals surface area contributed by atoms with Crippen LogP contribution in [0.15, 0.2) is 0 Å². The van der Waals surface area contributed by atoms with Gasteiger partial charge in [-0.1, -0.05) is 92.9 Å². The molecular formula is C24H54O2SSi2. The monoisotopic (exact) mass is 462 g/mol. The summed E-state index contributed by atoms with van der Waals surface area (Å²) >= 11 is 2.27. The fraction of sp³-hybridized carbons (Fsp3) is 1.00.